The van der Waals surface area contributed by atoms with Gasteiger partial charge in [0, 0.05) is 12.1 Å². The van der Waals surface area contributed by atoms with Crippen LogP contribution < -0.4 is 15.4 Å². The molecule has 1 rings (SSSR count). The Morgan fingerprint density at radius 1 is 1.21 bits per heavy atom. The molecular weight excluding hydrogens is 240 g/mol. The molecule has 0 atom stereocenters. The predicted molar refractivity (Wildman–Crippen MR) is 77.3 cm³/mol. The summed E-state index contributed by atoms with van der Waals surface area (Å²) in [6, 6.07) is 7.58. The molecule has 0 saturated heterocycles. The second kappa shape index (κ2) is 6.45. The summed E-state index contributed by atoms with van der Waals surface area (Å²) in [7, 11) is 0. The molecule has 0 aromatic heterocycles. The summed E-state index contributed by atoms with van der Waals surface area (Å²) in [5, 5.41) is 5.68. The number of ether oxygens (including phenoxy) is 1. The third-order valence-corrected chi connectivity index (χ3v) is 2.24. The van der Waals surface area contributed by atoms with Gasteiger partial charge in [0.2, 0.25) is 0 Å². The third kappa shape index (κ3) is 6.70. The van der Waals surface area contributed by atoms with Gasteiger partial charge in [0.1, 0.15) is 5.75 Å². The molecule has 1 aromatic rings. The van der Waals surface area contributed by atoms with E-state index in [0.717, 1.165) is 11.3 Å². The lowest BCUT2D eigenvalue weighted by atomic mass is 10.1. The molecule has 0 spiro atoms. The van der Waals surface area contributed by atoms with Crippen molar-refractivity contribution in [2.45, 2.75) is 52.8 Å². The summed E-state index contributed by atoms with van der Waals surface area (Å²) in [4.78, 5) is 11.6. The highest BCUT2D eigenvalue weighted by molar-refractivity contribution is 5.74. The van der Waals surface area contributed by atoms with Gasteiger partial charge in [0.25, 0.3) is 0 Å². The Morgan fingerprint density at radius 3 is 2.26 bits per heavy atom. The number of hydrogen-bond acceptors (Lipinski definition) is 2. The van der Waals surface area contributed by atoms with Crippen LogP contribution in [0, 0.1) is 0 Å². The Labute approximate surface area is 115 Å². The second-order valence-electron chi connectivity index (χ2n) is 5.87. The molecule has 2 amide bonds. The Bertz CT molecular complexity index is 405. The third-order valence-electron chi connectivity index (χ3n) is 2.24. The van der Waals surface area contributed by atoms with E-state index in [0.29, 0.717) is 6.54 Å². The lowest BCUT2D eigenvalue weighted by molar-refractivity contribution is 0.231. The highest BCUT2D eigenvalue weighted by Crippen LogP contribution is 2.13. The molecule has 0 fully saturated rings. The zero-order valence-electron chi connectivity index (χ0n) is 12.4. The zero-order valence-corrected chi connectivity index (χ0v) is 12.4. The van der Waals surface area contributed by atoms with Gasteiger partial charge < -0.3 is 15.4 Å². The number of benzene rings is 1. The Balaban J connectivity index is 2.44. The van der Waals surface area contributed by atoms with E-state index in [1.807, 2.05) is 58.9 Å². The summed E-state index contributed by atoms with van der Waals surface area (Å²) in [5.74, 6) is 0.845. The van der Waals surface area contributed by atoms with Gasteiger partial charge in [-0.15, -0.1) is 0 Å². The minimum absolute atomic E-state index is 0.157. The first kappa shape index (κ1) is 15.3. The van der Waals surface area contributed by atoms with Crippen LogP contribution in [0.2, 0.25) is 0 Å². The Morgan fingerprint density at radius 2 is 1.79 bits per heavy atom. The molecule has 0 aliphatic carbocycles. The van der Waals surface area contributed by atoms with Gasteiger partial charge in [-0.1, -0.05) is 12.1 Å². The van der Waals surface area contributed by atoms with E-state index in [2.05, 4.69) is 10.6 Å². The standard InChI is InChI=1S/C15H24N2O2/c1-11(2)19-13-8-6-12(7-9-13)10-16-14(18)17-15(3,4)5/h6-9,11H,10H2,1-5H3,(H2,16,17,18). The number of carbonyl (C=O) groups excluding carboxylic acids is 1. The van der Waals surface area contributed by atoms with Gasteiger partial charge in [-0.05, 0) is 52.3 Å². The van der Waals surface area contributed by atoms with Gasteiger partial charge in [0.15, 0.2) is 0 Å². The van der Waals surface area contributed by atoms with Gasteiger partial charge in [-0.25, -0.2) is 4.79 Å². The van der Waals surface area contributed by atoms with Crippen molar-refractivity contribution < 1.29 is 9.53 Å². The van der Waals surface area contributed by atoms with Crippen LogP contribution in [-0.4, -0.2) is 17.7 Å². The van der Waals surface area contributed by atoms with E-state index in [-0.39, 0.29) is 17.7 Å². The maximum atomic E-state index is 11.6. The first-order valence-corrected chi connectivity index (χ1v) is 6.58. The lowest BCUT2D eigenvalue weighted by Crippen LogP contribution is -2.46. The number of urea groups is 1. The second-order valence-corrected chi connectivity index (χ2v) is 5.87. The normalized spacial score (nSPS) is 11.3. The van der Waals surface area contributed by atoms with Gasteiger partial charge >= 0.3 is 6.03 Å². The van der Waals surface area contributed by atoms with Crippen molar-refractivity contribution in [1.29, 1.82) is 0 Å². The summed E-state index contributed by atoms with van der Waals surface area (Å²) in [6.45, 7) is 10.3. The van der Waals surface area contributed by atoms with Crippen LogP contribution in [0.25, 0.3) is 0 Å². The number of hydrogen-bond donors (Lipinski definition) is 2. The lowest BCUT2D eigenvalue weighted by Gasteiger charge is -2.20. The largest absolute Gasteiger partial charge is 0.491 e. The monoisotopic (exact) mass is 264 g/mol. The molecule has 0 aliphatic heterocycles. The molecule has 0 saturated carbocycles. The molecule has 4 nitrogen and oxygen atoms in total. The van der Waals surface area contributed by atoms with Crippen LogP contribution in [0.4, 0.5) is 4.79 Å². The molecular formula is C15H24N2O2. The Hall–Kier alpha value is -1.71. The SMILES string of the molecule is CC(C)Oc1ccc(CNC(=O)NC(C)(C)C)cc1. The molecule has 4 heteroatoms. The fourth-order valence-corrected chi connectivity index (χ4v) is 1.53. The summed E-state index contributed by atoms with van der Waals surface area (Å²) >= 11 is 0. The van der Waals surface area contributed by atoms with E-state index in [9.17, 15) is 4.79 Å². The molecule has 0 bridgehead atoms. The van der Waals surface area contributed by atoms with Crippen molar-refractivity contribution in [2.24, 2.45) is 0 Å². The molecule has 106 valence electrons. The molecule has 0 heterocycles. The minimum atomic E-state index is -0.223. The average Bonchev–Trinajstić information content (AvgIpc) is 2.25. The van der Waals surface area contributed by atoms with Crippen LogP contribution in [0.5, 0.6) is 5.75 Å². The highest BCUT2D eigenvalue weighted by atomic mass is 16.5. The number of amides is 2. The number of nitrogens with one attached hydrogen (secondary N) is 2. The van der Waals surface area contributed by atoms with Crippen molar-refractivity contribution in [3.8, 4) is 5.75 Å². The van der Waals surface area contributed by atoms with Crippen molar-refractivity contribution in [2.75, 3.05) is 0 Å². The quantitative estimate of drug-likeness (QED) is 0.878. The molecule has 19 heavy (non-hydrogen) atoms. The smallest absolute Gasteiger partial charge is 0.315 e. The highest BCUT2D eigenvalue weighted by Gasteiger charge is 2.12. The number of rotatable bonds is 4. The summed E-state index contributed by atoms with van der Waals surface area (Å²) in [5.41, 5.74) is 0.819. The van der Waals surface area contributed by atoms with E-state index >= 15 is 0 Å². The van der Waals surface area contributed by atoms with E-state index in [1.54, 1.807) is 0 Å². The molecule has 0 unspecified atom stereocenters. The fourth-order valence-electron chi connectivity index (χ4n) is 1.53. The fraction of sp³-hybridized carbons (Fsp3) is 0.533. The van der Waals surface area contributed by atoms with Crippen LogP contribution in [-0.2, 0) is 6.54 Å². The van der Waals surface area contributed by atoms with E-state index < -0.39 is 0 Å². The minimum Gasteiger partial charge on any atom is -0.491 e. The molecule has 1 aromatic carbocycles. The van der Waals surface area contributed by atoms with Gasteiger partial charge in [0.05, 0.1) is 6.10 Å². The van der Waals surface area contributed by atoms with Crippen LogP contribution in [0.1, 0.15) is 40.2 Å². The zero-order chi connectivity index (χ0) is 14.5. The van der Waals surface area contributed by atoms with E-state index in [4.69, 9.17) is 4.74 Å². The van der Waals surface area contributed by atoms with Crippen molar-refractivity contribution in [1.82, 2.24) is 10.6 Å². The topological polar surface area (TPSA) is 50.4 Å². The van der Waals surface area contributed by atoms with Crippen LogP contribution >= 0.6 is 0 Å². The molecule has 0 radical (unpaired) electrons. The summed E-state index contributed by atoms with van der Waals surface area (Å²) < 4.78 is 5.56. The Kier molecular flexibility index (Phi) is 5.21. The van der Waals surface area contributed by atoms with Crippen LogP contribution in [0.15, 0.2) is 24.3 Å². The van der Waals surface area contributed by atoms with Crippen molar-refractivity contribution in [3.05, 3.63) is 29.8 Å². The predicted octanol–water partition coefficient (Wildman–Crippen LogP) is 3.07. The van der Waals surface area contributed by atoms with Crippen molar-refractivity contribution in [3.63, 3.8) is 0 Å². The van der Waals surface area contributed by atoms with Gasteiger partial charge in [-0.2, -0.15) is 0 Å². The average molecular weight is 264 g/mol. The summed E-state index contributed by atoms with van der Waals surface area (Å²) in [6.07, 6.45) is 0.168. The molecule has 2 N–H and O–H groups in total. The molecule has 0 aliphatic rings. The maximum Gasteiger partial charge on any atom is 0.315 e. The first-order chi connectivity index (χ1) is 8.76. The maximum absolute atomic E-state index is 11.6. The number of carbonyl (C=O) groups is 1. The van der Waals surface area contributed by atoms with Crippen molar-refractivity contribution >= 4 is 6.03 Å². The van der Waals surface area contributed by atoms with Crippen LogP contribution in [0.3, 0.4) is 0 Å². The van der Waals surface area contributed by atoms with E-state index in [1.165, 1.54) is 0 Å². The first-order valence-electron chi connectivity index (χ1n) is 6.58. The van der Waals surface area contributed by atoms with Gasteiger partial charge in [-0.3, -0.25) is 0 Å².